The van der Waals surface area contributed by atoms with Crippen LogP contribution in [0, 0.1) is 0 Å². The van der Waals surface area contributed by atoms with Crippen LogP contribution in [0.25, 0.3) is 0 Å². The molecule has 0 bridgehead atoms. The third-order valence-electron chi connectivity index (χ3n) is 2.69. The van der Waals surface area contributed by atoms with Crippen LogP contribution >= 0.6 is 15.9 Å². The number of hydrogen-bond donors (Lipinski definition) is 1. The summed E-state index contributed by atoms with van der Waals surface area (Å²) in [4.78, 5) is 24.2. The second-order valence-electron chi connectivity index (χ2n) is 4.16. The second kappa shape index (κ2) is 6.99. The lowest BCUT2D eigenvalue weighted by atomic mass is 10.1. The number of carbonyl (C=O) groups is 2. The number of rotatable bonds is 3. The number of benzene rings is 1. The molecular formula is C13H14BrF3N2O3. The predicted octanol–water partition coefficient (Wildman–Crippen LogP) is 2.97. The van der Waals surface area contributed by atoms with Gasteiger partial charge < -0.3 is 15.4 Å². The van der Waals surface area contributed by atoms with Crippen LogP contribution < -0.4 is 10.6 Å². The van der Waals surface area contributed by atoms with Crippen molar-refractivity contribution in [2.75, 3.05) is 23.8 Å². The van der Waals surface area contributed by atoms with Gasteiger partial charge in [-0.25, -0.2) is 4.79 Å². The van der Waals surface area contributed by atoms with Gasteiger partial charge in [-0.05, 0) is 26.0 Å². The molecule has 0 heterocycles. The second-order valence-corrected chi connectivity index (χ2v) is 5.07. The minimum absolute atomic E-state index is 0.0654. The number of esters is 1. The Bertz CT molecular complexity index is 591. The third kappa shape index (κ3) is 3.90. The van der Waals surface area contributed by atoms with E-state index in [9.17, 15) is 22.8 Å². The summed E-state index contributed by atoms with van der Waals surface area (Å²) in [5.74, 6) is -2.44. The van der Waals surface area contributed by atoms with Crippen LogP contribution in [0.5, 0.6) is 0 Å². The molecular weight excluding hydrogens is 369 g/mol. The number of hydrogen-bond acceptors (Lipinski definition) is 4. The van der Waals surface area contributed by atoms with Crippen molar-refractivity contribution in [2.45, 2.75) is 20.0 Å². The largest absolute Gasteiger partial charge is 0.459 e. The summed E-state index contributed by atoms with van der Waals surface area (Å²) >= 11 is 2.93. The zero-order valence-electron chi connectivity index (χ0n) is 11.8. The molecule has 1 rings (SSSR count). The fraction of sp³-hybridized carbons (Fsp3) is 0.385. The first-order valence-electron chi connectivity index (χ1n) is 6.28. The van der Waals surface area contributed by atoms with E-state index in [2.05, 4.69) is 20.7 Å². The van der Waals surface area contributed by atoms with E-state index >= 15 is 0 Å². The van der Waals surface area contributed by atoms with E-state index < -0.39 is 29.3 Å². The Hall–Kier alpha value is -1.77. The minimum Gasteiger partial charge on any atom is -0.459 e. The molecule has 1 aromatic carbocycles. The van der Waals surface area contributed by atoms with Crippen LogP contribution in [-0.2, 0) is 20.5 Å². The molecule has 1 amide bonds. The number of ether oxygens (including phenoxy) is 1. The fourth-order valence-corrected chi connectivity index (χ4v) is 2.32. The Labute approximate surface area is 133 Å². The van der Waals surface area contributed by atoms with E-state index in [4.69, 9.17) is 5.73 Å². The minimum atomic E-state index is -4.74. The van der Waals surface area contributed by atoms with Gasteiger partial charge in [0.1, 0.15) is 0 Å². The van der Waals surface area contributed by atoms with Gasteiger partial charge in [-0.1, -0.05) is 15.9 Å². The number of likely N-dealkylation sites (N-methyl/N-ethyl adjacent to an activating group) is 1. The molecule has 9 heteroatoms. The molecule has 0 aliphatic rings. The van der Waals surface area contributed by atoms with Crippen molar-refractivity contribution in [3.05, 3.63) is 22.2 Å². The summed E-state index contributed by atoms with van der Waals surface area (Å²) in [5.41, 5.74) is 3.68. The molecule has 0 atom stereocenters. The van der Waals surface area contributed by atoms with E-state index in [0.717, 1.165) is 6.07 Å². The molecule has 0 spiro atoms. The van der Waals surface area contributed by atoms with Crippen LogP contribution in [0.3, 0.4) is 0 Å². The van der Waals surface area contributed by atoms with Gasteiger partial charge >= 0.3 is 18.1 Å². The lowest BCUT2D eigenvalue weighted by molar-refractivity contribution is -0.153. The van der Waals surface area contributed by atoms with E-state index in [0.29, 0.717) is 4.90 Å². The zero-order valence-corrected chi connectivity index (χ0v) is 13.4. The SMILES string of the molecule is CCOC(=O)C(=O)N(CC)c1c(N)cc(Br)cc1C(F)(F)F. The average Bonchev–Trinajstić information content (AvgIpc) is 2.40. The Morgan fingerprint density at radius 2 is 1.91 bits per heavy atom. The van der Waals surface area contributed by atoms with Gasteiger partial charge in [0.25, 0.3) is 0 Å². The number of halogens is 4. The Kier molecular flexibility index (Phi) is 5.81. The van der Waals surface area contributed by atoms with E-state index in [1.165, 1.54) is 19.9 Å². The van der Waals surface area contributed by atoms with Crippen molar-refractivity contribution >= 4 is 39.2 Å². The first-order valence-corrected chi connectivity index (χ1v) is 7.07. The Balaban J connectivity index is 3.45. The van der Waals surface area contributed by atoms with E-state index in [1.807, 2.05) is 0 Å². The first kappa shape index (κ1) is 18.3. The van der Waals surface area contributed by atoms with Gasteiger partial charge in [0.2, 0.25) is 0 Å². The topological polar surface area (TPSA) is 72.6 Å². The molecule has 22 heavy (non-hydrogen) atoms. The summed E-state index contributed by atoms with van der Waals surface area (Å²) in [6.45, 7) is 2.67. The smallest absolute Gasteiger partial charge is 0.418 e. The summed E-state index contributed by atoms with van der Waals surface area (Å²) in [7, 11) is 0. The number of alkyl halides is 3. The highest BCUT2D eigenvalue weighted by Crippen LogP contribution is 2.42. The first-order chi connectivity index (χ1) is 10.1. The van der Waals surface area contributed by atoms with Gasteiger partial charge in [0.15, 0.2) is 0 Å². The Morgan fingerprint density at radius 3 is 2.36 bits per heavy atom. The van der Waals surface area contributed by atoms with Crippen molar-refractivity contribution < 1.29 is 27.5 Å². The van der Waals surface area contributed by atoms with Crippen molar-refractivity contribution in [3.63, 3.8) is 0 Å². The van der Waals surface area contributed by atoms with Gasteiger partial charge in [0.05, 0.1) is 23.5 Å². The van der Waals surface area contributed by atoms with Crippen LogP contribution in [0.4, 0.5) is 24.5 Å². The van der Waals surface area contributed by atoms with Gasteiger partial charge in [-0.2, -0.15) is 13.2 Å². The standard InChI is InChI=1S/C13H14BrF3N2O3/c1-3-19(11(20)12(21)22-4-2)10-8(13(15,16)17)5-7(14)6-9(10)18/h5-6H,3-4,18H2,1-2H3. The molecule has 0 radical (unpaired) electrons. The van der Waals surface area contributed by atoms with Crippen LogP contribution in [-0.4, -0.2) is 25.0 Å². The molecule has 1 aromatic rings. The highest BCUT2D eigenvalue weighted by atomic mass is 79.9. The number of nitrogens with zero attached hydrogens (tertiary/aromatic N) is 1. The van der Waals surface area contributed by atoms with Crippen molar-refractivity contribution in [3.8, 4) is 0 Å². The van der Waals surface area contributed by atoms with Crippen molar-refractivity contribution in [1.82, 2.24) is 0 Å². The maximum Gasteiger partial charge on any atom is 0.418 e. The zero-order chi connectivity index (χ0) is 17.1. The monoisotopic (exact) mass is 382 g/mol. The summed E-state index contributed by atoms with van der Waals surface area (Å²) in [6.07, 6.45) is -4.74. The molecule has 0 saturated heterocycles. The summed E-state index contributed by atoms with van der Waals surface area (Å²) in [5, 5.41) is 0. The molecule has 2 N–H and O–H groups in total. The van der Waals surface area contributed by atoms with Gasteiger partial charge in [-0.3, -0.25) is 4.79 Å². The molecule has 122 valence electrons. The Morgan fingerprint density at radius 1 is 1.32 bits per heavy atom. The van der Waals surface area contributed by atoms with Crippen molar-refractivity contribution in [1.29, 1.82) is 0 Å². The predicted molar refractivity (Wildman–Crippen MR) is 78.2 cm³/mol. The maximum atomic E-state index is 13.2. The normalized spacial score (nSPS) is 11.2. The fourth-order valence-electron chi connectivity index (χ4n) is 1.84. The highest BCUT2D eigenvalue weighted by molar-refractivity contribution is 9.10. The average molecular weight is 383 g/mol. The summed E-state index contributed by atoms with van der Waals surface area (Å²) < 4.78 is 44.2. The molecule has 0 aliphatic heterocycles. The molecule has 0 unspecified atom stereocenters. The number of carbonyl (C=O) groups excluding carboxylic acids is 2. The number of anilines is 2. The number of nitrogen functional groups attached to an aromatic ring is 1. The van der Waals surface area contributed by atoms with E-state index in [-0.39, 0.29) is 23.3 Å². The van der Waals surface area contributed by atoms with Crippen LogP contribution in [0.1, 0.15) is 19.4 Å². The van der Waals surface area contributed by atoms with Gasteiger partial charge in [-0.15, -0.1) is 0 Å². The molecule has 0 fully saturated rings. The molecule has 0 aromatic heterocycles. The highest BCUT2D eigenvalue weighted by Gasteiger charge is 2.38. The third-order valence-corrected chi connectivity index (χ3v) is 3.15. The van der Waals surface area contributed by atoms with Crippen molar-refractivity contribution in [2.24, 2.45) is 0 Å². The van der Waals surface area contributed by atoms with Crippen LogP contribution in [0.15, 0.2) is 16.6 Å². The number of nitrogens with two attached hydrogens (primary N) is 1. The molecule has 5 nitrogen and oxygen atoms in total. The van der Waals surface area contributed by atoms with Gasteiger partial charge in [0, 0.05) is 11.0 Å². The quantitative estimate of drug-likeness (QED) is 0.495. The van der Waals surface area contributed by atoms with Crippen LogP contribution in [0.2, 0.25) is 0 Å². The lowest BCUT2D eigenvalue weighted by Crippen LogP contribution is -2.39. The number of amides is 1. The van der Waals surface area contributed by atoms with E-state index in [1.54, 1.807) is 0 Å². The lowest BCUT2D eigenvalue weighted by Gasteiger charge is -2.25. The summed E-state index contributed by atoms with van der Waals surface area (Å²) in [6, 6.07) is 2.03. The molecule has 0 aliphatic carbocycles. The maximum absolute atomic E-state index is 13.2. The molecule has 0 saturated carbocycles.